The maximum absolute atomic E-state index is 11.2. The van der Waals surface area contributed by atoms with Crippen LogP contribution in [0.3, 0.4) is 0 Å². The number of aromatic nitrogens is 1. The van der Waals surface area contributed by atoms with Gasteiger partial charge in [-0.3, -0.25) is 4.79 Å². The largest absolute Gasteiger partial charge is 0.320 e. The molecule has 0 aliphatic rings. The molecule has 1 aromatic rings. The molecule has 0 unspecified atom stereocenters. The Balaban J connectivity index is 2.70. The van der Waals surface area contributed by atoms with Crippen LogP contribution in [0.2, 0.25) is 0 Å². The zero-order valence-electron chi connectivity index (χ0n) is 7.92. The lowest BCUT2D eigenvalue weighted by molar-refractivity contribution is -0.117. The molecular weight excluding hydrogens is 186 g/mol. The Kier molecular flexibility index (Phi) is 3.00. The van der Waals surface area contributed by atoms with Crippen molar-refractivity contribution in [3.8, 4) is 0 Å². The number of aryl methyl sites for hydroxylation is 2. The Morgan fingerprint density at radius 1 is 1.62 bits per heavy atom. The van der Waals surface area contributed by atoms with E-state index in [0.29, 0.717) is 5.13 Å². The zero-order chi connectivity index (χ0) is 10.0. The van der Waals surface area contributed by atoms with E-state index in [4.69, 9.17) is 5.73 Å². The second kappa shape index (κ2) is 3.85. The van der Waals surface area contributed by atoms with Gasteiger partial charge in [0, 0.05) is 4.88 Å². The van der Waals surface area contributed by atoms with Gasteiger partial charge in [0.05, 0.1) is 11.7 Å². The minimum atomic E-state index is -0.496. The van der Waals surface area contributed by atoms with Crippen LogP contribution in [-0.4, -0.2) is 16.9 Å². The third-order valence-corrected chi connectivity index (χ3v) is 2.66. The van der Waals surface area contributed by atoms with Gasteiger partial charge in [-0.25, -0.2) is 4.98 Å². The van der Waals surface area contributed by atoms with Crippen molar-refractivity contribution in [3.05, 3.63) is 10.6 Å². The normalized spacial score (nSPS) is 12.6. The van der Waals surface area contributed by atoms with E-state index in [9.17, 15) is 4.79 Å². The fourth-order valence-electron chi connectivity index (χ4n) is 0.745. The van der Waals surface area contributed by atoms with E-state index >= 15 is 0 Å². The number of thiazole rings is 1. The van der Waals surface area contributed by atoms with Gasteiger partial charge in [0.15, 0.2) is 5.13 Å². The van der Waals surface area contributed by atoms with E-state index in [1.54, 1.807) is 6.92 Å². The number of carbonyl (C=O) groups is 1. The molecule has 1 rings (SSSR count). The van der Waals surface area contributed by atoms with Crippen LogP contribution in [0.5, 0.6) is 0 Å². The monoisotopic (exact) mass is 199 g/mol. The molecule has 0 aromatic carbocycles. The topological polar surface area (TPSA) is 68.0 Å². The summed E-state index contributed by atoms with van der Waals surface area (Å²) >= 11 is 1.46. The molecule has 72 valence electrons. The summed E-state index contributed by atoms with van der Waals surface area (Å²) < 4.78 is 0. The molecule has 0 aliphatic carbocycles. The molecule has 3 N–H and O–H groups in total. The van der Waals surface area contributed by atoms with Crippen molar-refractivity contribution in [2.45, 2.75) is 26.8 Å². The second-order valence-electron chi connectivity index (χ2n) is 2.94. The van der Waals surface area contributed by atoms with Gasteiger partial charge in [0.1, 0.15) is 0 Å². The molecule has 13 heavy (non-hydrogen) atoms. The Morgan fingerprint density at radius 2 is 2.23 bits per heavy atom. The number of nitrogens with two attached hydrogens (primary N) is 1. The van der Waals surface area contributed by atoms with E-state index in [-0.39, 0.29) is 5.91 Å². The van der Waals surface area contributed by atoms with E-state index in [0.717, 1.165) is 10.6 Å². The zero-order valence-corrected chi connectivity index (χ0v) is 8.73. The predicted molar refractivity (Wildman–Crippen MR) is 53.9 cm³/mol. The fourth-order valence-corrected chi connectivity index (χ4v) is 1.56. The summed E-state index contributed by atoms with van der Waals surface area (Å²) in [6.07, 6.45) is 0. The van der Waals surface area contributed by atoms with Gasteiger partial charge in [-0.2, -0.15) is 0 Å². The van der Waals surface area contributed by atoms with Crippen molar-refractivity contribution in [2.75, 3.05) is 5.32 Å². The van der Waals surface area contributed by atoms with Gasteiger partial charge in [-0.15, -0.1) is 11.3 Å². The summed E-state index contributed by atoms with van der Waals surface area (Å²) in [6, 6.07) is -0.496. The first-order valence-corrected chi connectivity index (χ1v) is 4.83. The number of hydrogen-bond donors (Lipinski definition) is 2. The summed E-state index contributed by atoms with van der Waals surface area (Å²) in [5.41, 5.74) is 6.34. The molecule has 0 radical (unpaired) electrons. The Hall–Kier alpha value is -0.940. The van der Waals surface area contributed by atoms with Gasteiger partial charge in [0.2, 0.25) is 5.91 Å². The average Bonchev–Trinajstić information content (AvgIpc) is 2.31. The Morgan fingerprint density at radius 3 is 2.62 bits per heavy atom. The summed E-state index contributed by atoms with van der Waals surface area (Å²) in [7, 11) is 0. The number of hydrogen-bond acceptors (Lipinski definition) is 4. The van der Waals surface area contributed by atoms with Crippen molar-refractivity contribution in [1.29, 1.82) is 0 Å². The van der Waals surface area contributed by atoms with Gasteiger partial charge in [0.25, 0.3) is 0 Å². The van der Waals surface area contributed by atoms with Crippen LogP contribution < -0.4 is 11.1 Å². The lowest BCUT2D eigenvalue weighted by Crippen LogP contribution is -2.32. The maximum atomic E-state index is 11.2. The minimum absolute atomic E-state index is 0.200. The highest BCUT2D eigenvalue weighted by Crippen LogP contribution is 2.20. The minimum Gasteiger partial charge on any atom is -0.320 e. The molecule has 5 heteroatoms. The first-order valence-electron chi connectivity index (χ1n) is 4.01. The third-order valence-electron chi connectivity index (χ3n) is 1.67. The van der Waals surface area contributed by atoms with Crippen LogP contribution in [0.4, 0.5) is 5.13 Å². The average molecular weight is 199 g/mol. The first kappa shape index (κ1) is 10.1. The molecule has 1 amide bonds. The van der Waals surface area contributed by atoms with Crippen molar-refractivity contribution in [3.63, 3.8) is 0 Å². The Labute approximate surface area is 81.2 Å². The SMILES string of the molecule is Cc1nc(NC(=O)[C@@H](C)N)sc1C. The van der Waals surface area contributed by atoms with Crippen molar-refractivity contribution in [1.82, 2.24) is 4.98 Å². The van der Waals surface area contributed by atoms with E-state index in [2.05, 4.69) is 10.3 Å². The number of anilines is 1. The molecule has 4 nitrogen and oxygen atoms in total. The molecule has 0 bridgehead atoms. The number of carbonyl (C=O) groups excluding carboxylic acids is 1. The predicted octanol–water partition coefficient (Wildman–Crippen LogP) is 1.05. The van der Waals surface area contributed by atoms with Gasteiger partial charge < -0.3 is 11.1 Å². The molecule has 1 heterocycles. The van der Waals surface area contributed by atoms with Crippen LogP contribution in [0.25, 0.3) is 0 Å². The van der Waals surface area contributed by atoms with Gasteiger partial charge in [-0.05, 0) is 20.8 Å². The standard InChI is InChI=1S/C8H13N3OS/c1-4(9)7(12)11-8-10-5(2)6(3)13-8/h4H,9H2,1-3H3,(H,10,11,12)/t4-/m1/s1. The summed E-state index contributed by atoms with van der Waals surface area (Å²) in [4.78, 5) is 16.4. The summed E-state index contributed by atoms with van der Waals surface area (Å²) in [6.45, 7) is 5.52. The van der Waals surface area contributed by atoms with Crippen LogP contribution >= 0.6 is 11.3 Å². The van der Waals surface area contributed by atoms with Crippen molar-refractivity contribution < 1.29 is 4.79 Å². The van der Waals surface area contributed by atoms with E-state index in [1.165, 1.54) is 11.3 Å². The van der Waals surface area contributed by atoms with E-state index in [1.807, 2.05) is 13.8 Å². The van der Waals surface area contributed by atoms with Crippen molar-refractivity contribution in [2.24, 2.45) is 5.73 Å². The second-order valence-corrected chi connectivity index (χ2v) is 4.14. The Bertz CT molecular complexity index is 300. The highest BCUT2D eigenvalue weighted by Gasteiger charge is 2.10. The number of nitrogens with one attached hydrogen (secondary N) is 1. The third kappa shape index (κ3) is 2.50. The lowest BCUT2D eigenvalue weighted by atomic mass is 10.3. The highest BCUT2D eigenvalue weighted by molar-refractivity contribution is 7.15. The van der Waals surface area contributed by atoms with Gasteiger partial charge >= 0.3 is 0 Å². The molecule has 1 aromatic heterocycles. The van der Waals surface area contributed by atoms with Crippen LogP contribution in [0.1, 0.15) is 17.5 Å². The summed E-state index contributed by atoms with van der Waals surface area (Å²) in [5.74, 6) is -0.200. The van der Waals surface area contributed by atoms with Crippen LogP contribution in [0.15, 0.2) is 0 Å². The molecule has 1 atom stereocenters. The molecular formula is C8H13N3OS. The number of amides is 1. The fraction of sp³-hybridized carbons (Fsp3) is 0.500. The van der Waals surface area contributed by atoms with E-state index < -0.39 is 6.04 Å². The molecule has 0 saturated carbocycles. The van der Waals surface area contributed by atoms with Gasteiger partial charge in [-0.1, -0.05) is 0 Å². The highest BCUT2D eigenvalue weighted by atomic mass is 32.1. The number of rotatable bonds is 2. The molecule has 0 aliphatic heterocycles. The van der Waals surface area contributed by atoms with Crippen LogP contribution in [-0.2, 0) is 4.79 Å². The first-order chi connectivity index (χ1) is 6.00. The van der Waals surface area contributed by atoms with Crippen LogP contribution in [0, 0.1) is 13.8 Å². The molecule has 0 fully saturated rings. The number of nitrogens with zero attached hydrogens (tertiary/aromatic N) is 1. The molecule has 0 spiro atoms. The lowest BCUT2D eigenvalue weighted by Gasteiger charge is -2.03. The molecule has 0 saturated heterocycles. The quantitative estimate of drug-likeness (QED) is 0.748. The van der Waals surface area contributed by atoms with Crippen molar-refractivity contribution >= 4 is 22.4 Å². The summed E-state index contributed by atoms with van der Waals surface area (Å²) in [5, 5.41) is 3.27. The maximum Gasteiger partial charge on any atom is 0.242 e. The smallest absolute Gasteiger partial charge is 0.242 e.